The standard InChI is InChI=1S/C16H20INS/c1-3-18-15(8-7-13-9-10-19-11-13)14-6-4-5-12(2)16(14)17/h4-6,9-11,15,18H,3,7-8H2,1-2H3. The van der Waals surface area contributed by atoms with Crippen molar-refractivity contribution in [3.63, 3.8) is 0 Å². The molecule has 1 heterocycles. The summed E-state index contributed by atoms with van der Waals surface area (Å²) in [4.78, 5) is 0. The Morgan fingerprint density at radius 3 is 2.84 bits per heavy atom. The smallest absolute Gasteiger partial charge is 0.0333 e. The third-order valence-electron chi connectivity index (χ3n) is 3.35. The molecule has 1 N–H and O–H groups in total. The summed E-state index contributed by atoms with van der Waals surface area (Å²) >= 11 is 4.26. The van der Waals surface area contributed by atoms with Gasteiger partial charge in [0.1, 0.15) is 0 Å². The average Bonchev–Trinajstić information content (AvgIpc) is 2.91. The third kappa shape index (κ3) is 4.04. The maximum atomic E-state index is 3.63. The number of hydrogen-bond donors (Lipinski definition) is 1. The Hall–Kier alpha value is -0.390. The van der Waals surface area contributed by atoms with Gasteiger partial charge in [0, 0.05) is 9.61 Å². The van der Waals surface area contributed by atoms with Crippen molar-refractivity contribution in [2.24, 2.45) is 0 Å². The number of halogens is 1. The van der Waals surface area contributed by atoms with Gasteiger partial charge in [-0.3, -0.25) is 0 Å². The van der Waals surface area contributed by atoms with Gasteiger partial charge in [0.25, 0.3) is 0 Å². The van der Waals surface area contributed by atoms with Gasteiger partial charge >= 0.3 is 0 Å². The number of nitrogens with one attached hydrogen (secondary N) is 1. The molecule has 2 aromatic rings. The molecule has 19 heavy (non-hydrogen) atoms. The van der Waals surface area contributed by atoms with Gasteiger partial charge in [-0.2, -0.15) is 11.3 Å². The van der Waals surface area contributed by atoms with E-state index in [0.29, 0.717) is 6.04 Å². The first-order valence-corrected chi connectivity index (χ1v) is 8.74. The first kappa shape index (κ1) is 15.0. The maximum absolute atomic E-state index is 3.63. The van der Waals surface area contributed by atoms with Crippen LogP contribution >= 0.6 is 33.9 Å². The topological polar surface area (TPSA) is 12.0 Å². The zero-order valence-corrected chi connectivity index (χ0v) is 14.4. The van der Waals surface area contributed by atoms with E-state index in [-0.39, 0.29) is 0 Å². The van der Waals surface area contributed by atoms with Gasteiger partial charge in [-0.05, 0) is 82.4 Å². The van der Waals surface area contributed by atoms with Crippen LogP contribution in [0.1, 0.15) is 36.1 Å². The zero-order chi connectivity index (χ0) is 13.7. The van der Waals surface area contributed by atoms with E-state index in [1.807, 2.05) is 0 Å². The highest BCUT2D eigenvalue weighted by Gasteiger charge is 2.14. The number of benzene rings is 1. The molecule has 3 heteroatoms. The van der Waals surface area contributed by atoms with Crippen molar-refractivity contribution in [3.8, 4) is 0 Å². The molecule has 0 amide bonds. The van der Waals surface area contributed by atoms with E-state index < -0.39 is 0 Å². The largest absolute Gasteiger partial charge is 0.310 e. The van der Waals surface area contributed by atoms with E-state index in [1.54, 1.807) is 11.3 Å². The summed E-state index contributed by atoms with van der Waals surface area (Å²) in [5.74, 6) is 0. The molecule has 0 aliphatic carbocycles. The van der Waals surface area contributed by atoms with Crippen LogP contribution in [0.25, 0.3) is 0 Å². The van der Waals surface area contributed by atoms with E-state index in [1.165, 1.54) is 20.3 Å². The second kappa shape index (κ2) is 7.41. The molecule has 0 radical (unpaired) electrons. The maximum Gasteiger partial charge on any atom is 0.0333 e. The minimum absolute atomic E-state index is 0.455. The molecule has 0 aliphatic rings. The highest BCUT2D eigenvalue weighted by atomic mass is 127. The molecule has 0 aliphatic heterocycles. The monoisotopic (exact) mass is 385 g/mol. The fourth-order valence-electron chi connectivity index (χ4n) is 2.30. The van der Waals surface area contributed by atoms with Crippen molar-refractivity contribution in [1.29, 1.82) is 0 Å². The molecule has 0 fully saturated rings. The molecule has 0 spiro atoms. The lowest BCUT2D eigenvalue weighted by molar-refractivity contribution is 0.513. The van der Waals surface area contributed by atoms with E-state index in [0.717, 1.165) is 19.4 Å². The predicted molar refractivity (Wildman–Crippen MR) is 93.0 cm³/mol. The van der Waals surface area contributed by atoms with Crippen LogP contribution in [-0.4, -0.2) is 6.54 Å². The van der Waals surface area contributed by atoms with Gasteiger partial charge in [-0.25, -0.2) is 0 Å². The first-order chi connectivity index (χ1) is 9.22. The fraction of sp³-hybridized carbons (Fsp3) is 0.375. The molecular weight excluding hydrogens is 365 g/mol. The first-order valence-electron chi connectivity index (χ1n) is 6.71. The van der Waals surface area contributed by atoms with Gasteiger partial charge in [-0.15, -0.1) is 0 Å². The molecule has 0 saturated carbocycles. The molecule has 2 rings (SSSR count). The zero-order valence-electron chi connectivity index (χ0n) is 11.4. The van der Waals surface area contributed by atoms with E-state index in [2.05, 4.69) is 76.8 Å². The minimum atomic E-state index is 0.455. The SMILES string of the molecule is CCNC(CCc1ccsc1)c1cccc(C)c1I. The van der Waals surface area contributed by atoms with Crippen molar-refractivity contribution in [2.45, 2.75) is 32.7 Å². The van der Waals surface area contributed by atoms with Crippen molar-refractivity contribution in [3.05, 3.63) is 55.3 Å². The summed E-state index contributed by atoms with van der Waals surface area (Å²) in [6.45, 7) is 5.38. The number of hydrogen-bond acceptors (Lipinski definition) is 2. The number of rotatable bonds is 6. The lowest BCUT2D eigenvalue weighted by Crippen LogP contribution is -2.22. The predicted octanol–water partition coefficient (Wildman–Crippen LogP) is 4.94. The van der Waals surface area contributed by atoms with Gasteiger partial charge in [-0.1, -0.05) is 25.1 Å². The lowest BCUT2D eigenvalue weighted by Gasteiger charge is -2.20. The van der Waals surface area contributed by atoms with Crippen LogP contribution in [0, 0.1) is 10.5 Å². The molecule has 0 saturated heterocycles. The van der Waals surface area contributed by atoms with Crippen LogP contribution in [0.15, 0.2) is 35.0 Å². The molecule has 1 aromatic carbocycles. The second-order valence-electron chi connectivity index (χ2n) is 4.76. The van der Waals surface area contributed by atoms with Crippen molar-refractivity contribution < 1.29 is 0 Å². The summed E-state index contributed by atoms with van der Waals surface area (Å²) in [7, 11) is 0. The third-order valence-corrected chi connectivity index (χ3v) is 5.56. The van der Waals surface area contributed by atoms with Crippen LogP contribution in [0.2, 0.25) is 0 Å². The normalized spacial score (nSPS) is 12.6. The number of thiophene rings is 1. The van der Waals surface area contributed by atoms with E-state index in [4.69, 9.17) is 0 Å². The molecule has 1 nitrogen and oxygen atoms in total. The highest BCUT2D eigenvalue weighted by Crippen LogP contribution is 2.26. The molecule has 1 unspecified atom stereocenters. The lowest BCUT2D eigenvalue weighted by atomic mass is 9.98. The molecule has 0 bridgehead atoms. The van der Waals surface area contributed by atoms with Crippen molar-refractivity contribution in [1.82, 2.24) is 5.32 Å². The Kier molecular flexibility index (Phi) is 5.85. The quantitative estimate of drug-likeness (QED) is 0.695. The van der Waals surface area contributed by atoms with Crippen LogP contribution in [0.4, 0.5) is 0 Å². The van der Waals surface area contributed by atoms with Crippen LogP contribution < -0.4 is 5.32 Å². The Labute approximate surface area is 133 Å². The highest BCUT2D eigenvalue weighted by molar-refractivity contribution is 14.1. The molecular formula is C16H20INS. The summed E-state index contributed by atoms with van der Waals surface area (Å²) in [6.07, 6.45) is 2.30. The average molecular weight is 385 g/mol. The summed E-state index contributed by atoms with van der Waals surface area (Å²) in [5, 5.41) is 8.04. The van der Waals surface area contributed by atoms with Gasteiger partial charge in [0.2, 0.25) is 0 Å². The summed E-state index contributed by atoms with van der Waals surface area (Å²) in [6, 6.07) is 9.30. The van der Waals surface area contributed by atoms with Crippen molar-refractivity contribution in [2.75, 3.05) is 6.54 Å². The van der Waals surface area contributed by atoms with Crippen LogP contribution in [-0.2, 0) is 6.42 Å². The fourth-order valence-corrected chi connectivity index (χ4v) is 3.74. The Balaban J connectivity index is 2.12. The van der Waals surface area contributed by atoms with E-state index >= 15 is 0 Å². The summed E-state index contributed by atoms with van der Waals surface area (Å²) < 4.78 is 1.40. The minimum Gasteiger partial charge on any atom is -0.310 e. The van der Waals surface area contributed by atoms with Crippen LogP contribution in [0.5, 0.6) is 0 Å². The molecule has 1 atom stereocenters. The van der Waals surface area contributed by atoms with Crippen molar-refractivity contribution >= 4 is 33.9 Å². The van der Waals surface area contributed by atoms with Gasteiger partial charge < -0.3 is 5.32 Å². The van der Waals surface area contributed by atoms with Gasteiger partial charge in [0.05, 0.1) is 0 Å². The Bertz CT molecular complexity index is 507. The molecule has 102 valence electrons. The van der Waals surface area contributed by atoms with E-state index in [9.17, 15) is 0 Å². The summed E-state index contributed by atoms with van der Waals surface area (Å²) in [5.41, 5.74) is 4.27. The molecule has 1 aromatic heterocycles. The number of aryl methyl sites for hydroxylation is 2. The van der Waals surface area contributed by atoms with Crippen LogP contribution in [0.3, 0.4) is 0 Å². The second-order valence-corrected chi connectivity index (χ2v) is 6.62. The Morgan fingerprint density at radius 1 is 1.32 bits per heavy atom. The van der Waals surface area contributed by atoms with Gasteiger partial charge in [0.15, 0.2) is 0 Å². The Morgan fingerprint density at radius 2 is 2.16 bits per heavy atom.